The fraction of sp³-hybridized carbons (Fsp3) is 0.949. The molecule has 0 aromatic carbocycles. The van der Waals surface area contributed by atoms with Gasteiger partial charge in [-0.25, -0.2) is 0 Å². The van der Waals surface area contributed by atoms with Crippen molar-refractivity contribution in [3.8, 4) is 0 Å². The van der Waals surface area contributed by atoms with Crippen molar-refractivity contribution in [3.63, 3.8) is 0 Å². The van der Waals surface area contributed by atoms with Gasteiger partial charge in [-0.3, -0.25) is 0 Å². The molecule has 4 aliphatic heterocycles. The molecule has 3 saturated carbocycles. The number of rotatable bonds is 6. The Hall–Kier alpha value is -0.860. The van der Waals surface area contributed by atoms with E-state index in [-0.39, 0.29) is 52.6 Å². The molecular weight excluding hydrogens is 708 g/mol. The average molecular weight is 771 g/mol. The van der Waals surface area contributed by atoms with Gasteiger partial charge in [0.1, 0.15) is 54.9 Å². The Bertz CT molecular complexity index is 1400. The van der Waals surface area contributed by atoms with E-state index in [1.165, 1.54) is 5.57 Å². The Morgan fingerprint density at radius 3 is 2.17 bits per heavy atom. The molecule has 308 valence electrons. The summed E-state index contributed by atoms with van der Waals surface area (Å²) < 4.78 is 36.4. The van der Waals surface area contributed by atoms with Gasteiger partial charge in [-0.05, 0) is 79.4 Å². The molecule has 0 radical (unpaired) electrons. The molecule has 0 amide bonds. The van der Waals surface area contributed by atoms with Gasteiger partial charge in [0.2, 0.25) is 0 Å². The quantitative estimate of drug-likeness (QED) is 0.152. The second kappa shape index (κ2) is 14.5. The van der Waals surface area contributed by atoms with E-state index in [1.54, 1.807) is 0 Å². The lowest BCUT2D eigenvalue weighted by Crippen LogP contribution is -2.65. The van der Waals surface area contributed by atoms with Crippen LogP contribution in [0.2, 0.25) is 0 Å². The normalized spacial score (nSPS) is 58.6. The molecule has 0 aromatic rings. The van der Waals surface area contributed by atoms with Crippen molar-refractivity contribution in [3.05, 3.63) is 11.6 Å². The van der Waals surface area contributed by atoms with Gasteiger partial charge in [-0.2, -0.15) is 0 Å². The molecule has 0 bridgehead atoms. The highest BCUT2D eigenvalue weighted by molar-refractivity contribution is 5.27. The summed E-state index contributed by atoms with van der Waals surface area (Å²) in [5.41, 5.74) is 1.00. The molecule has 4 aliphatic carbocycles. The highest BCUT2D eigenvalue weighted by atomic mass is 16.7. The van der Waals surface area contributed by atoms with Gasteiger partial charge >= 0.3 is 0 Å². The zero-order chi connectivity index (χ0) is 38.6. The van der Waals surface area contributed by atoms with E-state index in [0.717, 1.165) is 25.7 Å². The molecule has 54 heavy (non-hydrogen) atoms. The molecule has 0 aromatic heterocycles. The summed E-state index contributed by atoms with van der Waals surface area (Å²) in [6, 6.07) is 0. The summed E-state index contributed by atoms with van der Waals surface area (Å²) in [4.78, 5) is 0. The second-order valence-electron chi connectivity index (χ2n) is 18.5. The molecule has 15 heteroatoms. The fourth-order valence-electron chi connectivity index (χ4n) is 12.8. The first-order valence-electron chi connectivity index (χ1n) is 20.2. The molecule has 23 unspecified atom stereocenters. The van der Waals surface area contributed by atoms with Crippen LogP contribution in [0.4, 0.5) is 0 Å². The molecule has 7 fully saturated rings. The van der Waals surface area contributed by atoms with Gasteiger partial charge in [0.05, 0.1) is 38.1 Å². The molecule has 23 atom stereocenters. The van der Waals surface area contributed by atoms with Crippen molar-refractivity contribution in [2.45, 2.75) is 164 Å². The lowest BCUT2D eigenvalue weighted by Gasteiger charge is -2.59. The molecule has 15 nitrogen and oxygen atoms in total. The van der Waals surface area contributed by atoms with Gasteiger partial charge in [-0.1, -0.05) is 39.3 Å². The van der Waals surface area contributed by atoms with E-state index in [2.05, 4.69) is 33.8 Å². The van der Waals surface area contributed by atoms with E-state index in [9.17, 15) is 46.0 Å². The minimum atomic E-state index is -1.74. The number of hydrogen-bond acceptors (Lipinski definition) is 15. The zero-order valence-electron chi connectivity index (χ0n) is 31.7. The van der Waals surface area contributed by atoms with E-state index in [0.29, 0.717) is 31.8 Å². The average Bonchev–Trinajstić information content (AvgIpc) is 3.57. The first-order chi connectivity index (χ1) is 25.6. The van der Waals surface area contributed by atoms with Crippen LogP contribution < -0.4 is 0 Å². The van der Waals surface area contributed by atoms with Crippen LogP contribution in [0.15, 0.2) is 11.6 Å². The summed E-state index contributed by atoms with van der Waals surface area (Å²) >= 11 is 0. The third-order valence-electron chi connectivity index (χ3n) is 15.6. The molecule has 9 N–H and O–H groups in total. The van der Waals surface area contributed by atoms with Gasteiger partial charge in [0.15, 0.2) is 18.4 Å². The van der Waals surface area contributed by atoms with Crippen LogP contribution in [0, 0.1) is 46.3 Å². The predicted octanol–water partition coefficient (Wildman–Crippen LogP) is -0.696. The highest BCUT2D eigenvalue weighted by Gasteiger charge is 2.73. The third kappa shape index (κ3) is 5.94. The van der Waals surface area contributed by atoms with Gasteiger partial charge in [0.25, 0.3) is 0 Å². The minimum Gasteiger partial charge on any atom is -0.394 e. The van der Waals surface area contributed by atoms with E-state index in [4.69, 9.17) is 28.4 Å². The summed E-state index contributed by atoms with van der Waals surface area (Å²) in [5.74, 6) is -0.132. The summed E-state index contributed by atoms with van der Waals surface area (Å²) in [6.07, 6.45) is -9.32. The van der Waals surface area contributed by atoms with Crippen molar-refractivity contribution >= 4 is 0 Å². The number of allylic oxidation sites excluding steroid dienone is 1. The van der Waals surface area contributed by atoms with Gasteiger partial charge in [-0.15, -0.1) is 0 Å². The van der Waals surface area contributed by atoms with Crippen molar-refractivity contribution in [1.29, 1.82) is 0 Å². The lowest BCUT2D eigenvalue weighted by atomic mass is 9.46. The number of aliphatic hydroxyl groups is 9. The van der Waals surface area contributed by atoms with Crippen molar-refractivity contribution in [2.24, 2.45) is 46.3 Å². The highest BCUT2D eigenvalue weighted by Crippen LogP contribution is 2.70. The minimum absolute atomic E-state index is 0.0511. The smallest absolute Gasteiger partial charge is 0.197 e. The Kier molecular flexibility index (Phi) is 10.7. The molecule has 1 spiro atoms. The molecule has 8 rings (SSSR count). The maximum Gasteiger partial charge on any atom is 0.197 e. The van der Waals surface area contributed by atoms with Crippen LogP contribution in [0.25, 0.3) is 0 Å². The first kappa shape index (κ1) is 39.9. The van der Waals surface area contributed by atoms with Crippen LogP contribution in [0.1, 0.15) is 72.6 Å². The Labute approximate surface area is 316 Å². The van der Waals surface area contributed by atoms with E-state index in [1.807, 2.05) is 0 Å². The Morgan fingerprint density at radius 2 is 1.46 bits per heavy atom. The summed E-state index contributed by atoms with van der Waals surface area (Å²) in [6.45, 7) is 8.10. The van der Waals surface area contributed by atoms with Crippen LogP contribution in [-0.2, 0) is 28.4 Å². The van der Waals surface area contributed by atoms with Crippen LogP contribution in [0.5, 0.6) is 0 Å². The second-order valence-corrected chi connectivity index (χ2v) is 18.5. The van der Waals surface area contributed by atoms with Crippen LogP contribution in [0.3, 0.4) is 0 Å². The van der Waals surface area contributed by atoms with Crippen molar-refractivity contribution in [1.82, 2.24) is 0 Å². The van der Waals surface area contributed by atoms with Gasteiger partial charge in [0, 0.05) is 11.8 Å². The summed E-state index contributed by atoms with van der Waals surface area (Å²) in [5, 5.41) is 96.1. The predicted molar refractivity (Wildman–Crippen MR) is 186 cm³/mol. The lowest BCUT2D eigenvalue weighted by molar-refractivity contribution is -0.363. The van der Waals surface area contributed by atoms with Crippen molar-refractivity contribution < 1.29 is 74.4 Å². The molecule has 4 saturated heterocycles. The van der Waals surface area contributed by atoms with Gasteiger partial charge < -0.3 is 74.4 Å². The zero-order valence-corrected chi connectivity index (χ0v) is 31.7. The van der Waals surface area contributed by atoms with Crippen LogP contribution in [-0.4, -0.2) is 157 Å². The standard InChI is InChI=1S/C39H62O15/c1-16-11-24(42)39(49-15-16)17(2)25-34(54-39)28(44)26-20-6-5-18-12-19(7-9-37(18,3)21(20)8-10-38(25,26)4)50-35-32(48)30(46)33(23(14-41)52-35)53-36-31(47)29(45)27(43)22(13-40)51-36/h5,16-17,19-36,40-48H,6-15H2,1-4H3. The van der Waals surface area contributed by atoms with Crippen LogP contribution >= 0.6 is 0 Å². The number of ether oxygens (including phenoxy) is 6. The SMILES string of the molecule is CC1COC2(OC3C(O)C4C5CC=C6CC(OC7OC(CO)C(OC8OC(CO)C(O)C(O)C8O)C(O)C7O)CCC6(C)C5CCC4(C)C3C2C)C(O)C1. The van der Waals surface area contributed by atoms with E-state index < -0.39 is 92.6 Å². The van der Waals surface area contributed by atoms with E-state index >= 15 is 0 Å². The number of aliphatic hydroxyl groups excluding tert-OH is 9. The number of hydrogen-bond donors (Lipinski definition) is 9. The maximum absolute atomic E-state index is 12.1. The Morgan fingerprint density at radius 1 is 0.778 bits per heavy atom. The first-order valence-corrected chi connectivity index (χ1v) is 20.2. The molecular formula is C39H62O15. The number of fused-ring (bicyclic) bond motifs is 7. The monoisotopic (exact) mass is 770 g/mol. The fourth-order valence-corrected chi connectivity index (χ4v) is 12.8. The molecule has 8 aliphatic rings. The maximum atomic E-state index is 12.1. The largest absolute Gasteiger partial charge is 0.394 e. The van der Waals surface area contributed by atoms with Crippen molar-refractivity contribution in [2.75, 3.05) is 19.8 Å². The molecule has 4 heterocycles. The summed E-state index contributed by atoms with van der Waals surface area (Å²) in [7, 11) is 0. The Balaban J connectivity index is 0.931. The third-order valence-corrected chi connectivity index (χ3v) is 15.6. The topological polar surface area (TPSA) is 237 Å².